The number of halogens is 2. The second-order valence-electron chi connectivity index (χ2n) is 10.2. The molecule has 1 aromatic heterocycles. The molecule has 8 nitrogen and oxygen atoms in total. The summed E-state index contributed by atoms with van der Waals surface area (Å²) >= 11 is 6.11. The van der Waals surface area contributed by atoms with Gasteiger partial charge in [0.2, 0.25) is 11.6 Å². The molecule has 0 saturated heterocycles. The number of nitriles is 1. The van der Waals surface area contributed by atoms with Crippen molar-refractivity contribution in [2.45, 2.75) is 26.4 Å². The lowest BCUT2D eigenvalue weighted by molar-refractivity contribution is 0.0702. The van der Waals surface area contributed by atoms with Crippen LogP contribution in [0.25, 0.3) is 11.0 Å². The number of nitrogens with two attached hydrogens (primary N) is 1. The first-order chi connectivity index (χ1) is 21.8. The van der Waals surface area contributed by atoms with Crippen LogP contribution in [0.3, 0.4) is 0 Å². The molecular weight excluding hydrogens is 599 g/mol. The Morgan fingerprint density at radius 1 is 1.04 bits per heavy atom. The highest BCUT2D eigenvalue weighted by Gasteiger charge is 2.32. The van der Waals surface area contributed by atoms with Gasteiger partial charge < -0.3 is 29.1 Å². The molecule has 6 rings (SSSR count). The van der Waals surface area contributed by atoms with Crippen LogP contribution in [0, 0.1) is 24.1 Å². The lowest BCUT2D eigenvalue weighted by Gasteiger charge is -2.27. The van der Waals surface area contributed by atoms with Gasteiger partial charge >= 0.3 is 5.97 Å². The highest BCUT2D eigenvalue weighted by Crippen LogP contribution is 2.45. The van der Waals surface area contributed by atoms with E-state index in [9.17, 15) is 14.4 Å². The zero-order valence-electron chi connectivity index (χ0n) is 24.2. The van der Waals surface area contributed by atoms with Gasteiger partial charge in [-0.05, 0) is 61.9 Å². The Bertz CT molecular complexity index is 2030. The summed E-state index contributed by atoms with van der Waals surface area (Å²) < 4.78 is 43.1. The molecule has 226 valence electrons. The molecule has 0 aliphatic carbocycles. The lowest BCUT2D eigenvalue weighted by Crippen LogP contribution is -2.21. The average Bonchev–Trinajstić information content (AvgIpc) is 3.36. The van der Waals surface area contributed by atoms with Crippen LogP contribution in [-0.2, 0) is 6.61 Å². The van der Waals surface area contributed by atoms with Crippen LogP contribution < -0.4 is 24.7 Å². The fourth-order valence-electron chi connectivity index (χ4n) is 5.25. The van der Waals surface area contributed by atoms with E-state index in [-0.39, 0.29) is 35.4 Å². The third-order valence-electron chi connectivity index (χ3n) is 7.43. The number of benzene rings is 4. The number of nitrogens with zero attached hydrogens (tertiary/aromatic N) is 1. The Kier molecular flexibility index (Phi) is 8.07. The summed E-state index contributed by atoms with van der Waals surface area (Å²) in [4.78, 5) is 13.1. The number of rotatable bonds is 8. The number of ether oxygens (including phenoxy) is 4. The van der Waals surface area contributed by atoms with Crippen molar-refractivity contribution in [2.24, 2.45) is 5.73 Å². The quantitative estimate of drug-likeness (QED) is 0.137. The fraction of sp³-hybridized carbons (Fsp3) is 0.143. The van der Waals surface area contributed by atoms with Crippen molar-refractivity contribution in [1.29, 1.82) is 5.26 Å². The van der Waals surface area contributed by atoms with E-state index in [2.05, 4.69) is 6.07 Å². The molecule has 2 N–H and O–H groups in total. The number of hydrogen-bond donors (Lipinski definition) is 1. The normalized spacial score (nSPS) is 14.0. The molecule has 0 radical (unpaired) electrons. The van der Waals surface area contributed by atoms with Gasteiger partial charge in [0.1, 0.15) is 41.1 Å². The highest BCUT2D eigenvalue weighted by molar-refractivity contribution is 6.31. The molecular formula is C35H26ClFN2O6. The Hall–Kier alpha value is -5.46. The van der Waals surface area contributed by atoms with Crippen molar-refractivity contribution in [3.8, 4) is 29.1 Å². The molecule has 4 aromatic carbocycles. The Morgan fingerprint density at radius 3 is 2.64 bits per heavy atom. The van der Waals surface area contributed by atoms with E-state index in [0.29, 0.717) is 62.1 Å². The number of esters is 1. The second kappa shape index (κ2) is 12.3. The average molecular weight is 625 g/mol. The van der Waals surface area contributed by atoms with Gasteiger partial charge in [-0.2, -0.15) is 5.26 Å². The fourth-order valence-corrected chi connectivity index (χ4v) is 5.42. The monoisotopic (exact) mass is 624 g/mol. The minimum atomic E-state index is -0.694. The van der Waals surface area contributed by atoms with Crippen LogP contribution in [0.2, 0.25) is 5.02 Å². The summed E-state index contributed by atoms with van der Waals surface area (Å²) in [6, 6.07) is 23.7. The molecule has 1 atom stereocenters. The third kappa shape index (κ3) is 5.76. The van der Waals surface area contributed by atoms with Gasteiger partial charge in [-0.3, -0.25) is 0 Å². The molecule has 1 unspecified atom stereocenters. The zero-order valence-corrected chi connectivity index (χ0v) is 25.0. The van der Waals surface area contributed by atoms with Gasteiger partial charge in [-0.25, -0.2) is 9.18 Å². The number of carbonyl (C=O) groups is 1. The topological polar surface area (TPSA) is 117 Å². The molecule has 5 aromatic rings. The maximum atomic E-state index is 14.2. The van der Waals surface area contributed by atoms with E-state index >= 15 is 0 Å². The highest BCUT2D eigenvalue weighted by atomic mass is 35.5. The van der Waals surface area contributed by atoms with E-state index in [1.54, 1.807) is 73.7 Å². The summed E-state index contributed by atoms with van der Waals surface area (Å²) in [5, 5.41) is 11.3. The number of carbonyl (C=O) groups excluding carboxylic acids is 1. The molecule has 0 fully saturated rings. The zero-order chi connectivity index (χ0) is 31.7. The van der Waals surface area contributed by atoms with E-state index in [0.717, 1.165) is 0 Å². The Labute approximate surface area is 262 Å². The van der Waals surface area contributed by atoms with Gasteiger partial charge in [0.25, 0.3) is 0 Å². The van der Waals surface area contributed by atoms with Crippen LogP contribution in [0.15, 0.2) is 94.7 Å². The molecule has 0 saturated carbocycles. The largest absolute Gasteiger partial charge is 0.490 e. The molecule has 45 heavy (non-hydrogen) atoms. The summed E-state index contributed by atoms with van der Waals surface area (Å²) in [5.74, 6) is -0.375. The molecule has 0 bridgehead atoms. The van der Waals surface area contributed by atoms with Crippen LogP contribution in [0.4, 0.5) is 4.39 Å². The number of hydrogen-bond acceptors (Lipinski definition) is 8. The van der Waals surface area contributed by atoms with E-state index in [1.165, 1.54) is 12.1 Å². The van der Waals surface area contributed by atoms with Gasteiger partial charge in [-0.1, -0.05) is 41.9 Å². The number of fused-ring (bicyclic) bond motifs is 2. The predicted molar refractivity (Wildman–Crippen MR) is 165 cm³/mol. The van der Waals surface area contributed by atoms with Crippen LogP contribution >= 0.6 is 11.6 Å². The smallest absolute Gasteiger partial charge is 0.379 e. The van der Waals surface area contributed by atoms with Gasteiger partial charge in [0.15, 0.2) is 11.5 Å². The van der Waals surface area contributed by atoms with E-state index in [4.69, 9.17) is 40.7 Å². The molecule has 0 amide bonds. The van der Waals surface area contributed by atoms with Crippen molar-refractivity contribution in [2.75, 3.05) is 6.61 Å². The van der Waals surface area contributed by atoms with Crippen molar-refractivity contribution >= 4 is 28.5 Å². The van der Waals surface area contributed by atoms with Gasteiger partial charge in [-0.15, -0.1) is 0 Å². The minimum Gasteiger partial charge on any atom is -0.490 e. The van der Waals surface area contributed by atoms with Crippen molar-refractivity contribution in [3.63, 3.8) is 0 Å². The molecule has 1 aliphatic heterocycles. The third-order valence-corrected chi connectivity index (χ3v) is 7.66. The van der Waals surface area contributed by atoms with Crippen LogP contribution in [0.5, 0.6) is 23.0 Å². The summed E-state index contributed by atoms with van der Waals surface area (Å²) in [6.45, 7) is 3.94. The van der Waals surface area contributed by atoms with Crippen LogP contribution in [0.1, 0.15) is 45.7 Å². The standard InChI is InChI=1S/C35H26ClFN2O6/c1-3-41-31-14-20(8-12-29(31)42-18-21-6-4-5-7-27(21)37)32-24-11-10-23(16-30(24)45-34(39)26(32)17-38)43-35(40)33-19(2)25-15-22(36)9-13-28(25)44-33/h4-16,32H,3,18,39H2,1-2H3. The second-order valence-corrected chi connectivity index (χ2v) is 10.7. The summed E-state index contributed by atoms with van der Waals surface area (Å²) in [6.07, 6.45) is 0. The Balaban J connectivity index is 1.30. The van der Waals surface area contributed by atoms with Gasteiger partial charge in [0, 0.05) is 33.2 Å². The number of allylic oxidation sites excluding steroid dienone is 1. The maximum Gasteiger partial charge on any atom is 0.379 e. The first-order valence-electron chi connectivity index (χ1n) is 14.0. The van der Waals surface area contributed by atoms with E-state index < -0.39 is 11.9 Å². The van der Waals surface area contributed by atoms with Crippen molar-refractivity contribution in [1.82, 2.24) is 0 Å². The van der Waals surface area contributed by atoms with Crippen molar-refractivity contribution < 1.29 is 32.5 Å². The summed E-state index contributed by atoms with van der Waals surface area (Å²) in [7, 11) is 0. The maximum absolute atomic E-state index is 14.2. The SMILES string of the molecule is CCOc1cc(C2C(C#N)=C(N)Oc3cc(OC(=O)c4oc5ccc(Cl)cc5c4C)ccc32)ccc1OCc1ccccc1F. The van der Waals surface area contributed by atoms with E-state index in [1.807, 2.05) is 6.92 Å². The lowest BCUT2D eigenvalue weighted by atomic mass is 9.83. The summed E-state index contributed by atoms with van der Waals surface area (Å²) in [5.41, 5.74) is 9.23. The predicted octanol–water partition coefficient (Wildman–Crippen LogP) is 7.95. The first kappa shape index (κ1) is 29.6. The molecule has 1 aliphatic rings. The first-order valence-corrected chi connectivity index (χ1v) is 14.4. The Morgan fingerprint density at radius 2 is 1.87 bits per heavy atom. The van der Waals surface area contributed by atoms with Crippen LogP contribution in [-0.4, -0.2) is 12.6 Å². The molecule has 2 heterocycles. The van der Waals surface area contributed by atoms with Gasteiger partial charge in [0.05, 0.1) is 12.5 Å². The van der Waals surface area contributed by atoms with Crippen molar-refractivity contribution in [3.05, 3.63) is 129 Å². The number of aryl methyl sites for hydroxylation is 1. The number of furan rings is 1. The molecule has 0 spiro atoms. The minimum absolute atomic E-state index is 0.00525. The molecule has 10 heteroatoms.